The molecule has 1 atom stereocenters. The van der Waals surface area contributed by atoms with Gasteiger partial charge in [0, 0.05) is 13.1 Å². The zero-order valence-corrected chi connectivity index (χ0v) is 12.0. The highest BCUT2D eigenvalue weighted by molar-refractivity contribution is 5.92. The number of hydrogen-bond acceptors (Lipinski definition) is 4. The molecule has 0 radical (unpaired) electrons. The van der Waals surface area contributed by atoms with Crippen LogP contribution in [-0.4, -0.2) is 37.8 Å². The molecule has 1 unspecified atom stereocenters. The molecule has 1 amide bonds. The first kappa shape index (κ1) is 14.8. The van der Waals surface area contributed by atoms with Crippen LogP contribution in [0.3, 0.4) is 0 Å². The van der Waals surface area contributed by atoms with Gasteiger partial charge in [-0.1, -0.05) is 12.1 Å². The van der Waals surface area contributed by atoms with Gasteiger partial charge in [0.05, 0.1) is 30.9 Å². The van der Waals surface area contributed by atoms with E-state index in [1.165, 1.54) is 0 Å². The van der Waals surface area contributed by atoms with Crippen molar-refractivity contribution in [1.82, 2.24) is 5.32 Å². The van der Waals surface area contributed by atoms with Crippen molar-refractivity contribution in [3.05, 3.63) is 24.3 Å². The molecule has 110 valence electrons. The number of rotatable bonds is 5. The van der Waals surface area contributed by atoms with Crippen LogP contribution in [0, 0.1) is 0 Å². The molecule has 1 fully saturated rings. The minimum absolute atomic E-state index is 0.0538. The molecule has 0 bridgehead atoms. The van der Waals surface area contributed by atoms with Gasteiger partial charge in [0.1, 0.15) is 5.75 Å². The summed E-state index contributed by atoms with van der Waals surface area (Å²) < 4.78 is 11.2. The molecule has 1 aromatic carbocycles. The summed E-state index contributed by atoms with van der Waals surface area (Å²) >= 11 is 0. The predicted molar refractivity (Wildman–Crippen MR) is 78.1 cm³/mol. The molecule has 0 aromatic heterocycles. The van der Waals surface area contributed by atoms with E-state index in [2.05, 4.69) is 10.6 Å². The lowest BCUT2D eigenvalue weighted by Crippen LogP contribution is -2.40. The Labute approximate surface area is 119 Å². The highest BCUT2D eigenvalue weighted by Crippen LogP contribution is 2.25. The quantitative estimate of drug-likeness (QED) is 0.862. The van der Waals surface area contributed by atoms with Gasteiger partial charge >= 0.3 is 0 Å². The Hall–Kier alpha value is -1.59. The number of anilines is 1. The van der Waals surface area contributed by atoms with Crippen LogP contribution in [0.1, 0.15) is 20.3 Å². The molecule has 1 heterocycles. The van der Waals surface area contributed by atoms with Crippen molar-refractivity contribution < 1.29 is 14.3 Å². The highest BCUT2D eigenvalue weighted by atomic mass is 16.5. The van der Waals surface area contributed by atoms with E-state index in [4.69, 9.17) is 9.47 Å². The van der Waals surface area contributed by atoms with Crippen LogP contribution in [-0.2, 0) is 9.53 Å². The van der Waals surface area contributed by atoms with Crippen molar-refractivity contribution >= 4 is 11.6 Å². The molecule has 20 heavy (non-hydrogen) atoms. The number of para-hydroxylation sites is 2. The van der Waals surface area contributed by atoms with E-state index in [0.29, 0.717) is 24.5 Å². The van der Waals surface area contributed by atoms with Gasteiger partial charge in [-0.25, -0.2) is 0 Å². The highest BCUT2D eigenvalue weighted by Gasteiger charge is 2.18. The minimum Gasteiger partial charge on any atom is -0.489 e. The first-order valence-corrected chi connectivity index (χ1v) is 7.03. The molecule has 1 aliphatic heterocycles. The van der Waals surface area contributed by atoms with Crippen LogP contribution in [0.5, 0.6) is 5.75 Å². The summed E-state index contributed by atoms with van der Waals surface area (Å²) in [5, 5.41) is 6.10. The summed E-state index contributed by atoms with van der Waals surface area (Å²) in [6, 6.07) is 7.47. The van der Waals surface area contributed by atoms with E-state index in [1.54, 1.807) is 0 Å². The Bertz CT molecular complexity index is 442. The zero-order valence-electron chi connectivity index (χ0n) is 12.0. The number of hydrogen-bond donors (Lipinski definition) is 2. The molecule has 1 aliphatic rings. The van der Waals surface area contributed by atoms with Crippen LogP contribution < -0.4 is 15.4 Å². The van der Waals surface area contributed by atoms with E-state index in [9.17, 15) is 4.79 Å². The topological polar surface area (TPSA) is 59.6 Å². The Kier molecular flexibility index (Phi) is 5.38. The molecule has 5 nitrogen and oxygen atoms in total. The third-order valence-electron chi connectivity index (χ3n) is 2.94. The largest absolute Gasteiger partial charge is 0.489 e. The van der Waals surface area contributed by atoms with E-state index >= 15 is 0 Å². The Morgan fingerprint density at radius 3 is 3.00 bits per heavy atom. The fourth-order valence-electron chi connectivity index (χ4n) is 2.09. The maximum absolute atomic E-state index is 12.0. The normalized spacial score (nSPS) is 18.9. The van der Waals surface area contributed by atoms with Crippen LogP contribution in [0.15, 0.2) is 24.3 Å². The van der Waals surface area contributed by atoms with Gasteiger partial charge in [0.2, 0.25) is 5.91 Å². The number of ether oxygens (including phenoxy) is 2. The molecule has 0 spiro atoms. The van der Waals surface area contributed by atoms with Crippen LogP contribution >= 0.6 is 0 Å². The second-order valence-corrected chi connectivity index (χ2v) is 5.11. The summed E-state index contributed by atoms with van der Waals surface area (Å²) in [6.45, 7) is 6.14. The molecule has 1 aromatic rings. The fourth-order valence-corrected chi connectivity index (χ4v) is 2.09. The summed E-state index contributed by atoms with van der Waals surface area (Å²) in [4.78, 5) is 12.0. The summed E-state index contributed by atoms with van der Waals surface area (Å²) in [5.74, 6) is 0.636. The number of nitrogens with one attached hydrogen (secondary N) is 2. The molecule has 0 saturated carbocycles. The van der Waals surface area contributed by atoms with Gasteiger partial charge in [-0.15, -0.1) is 0 Å². The van der Waals surface area contributed by atoms with Crippen molar-refractivity contribution in [2.24, 2.45) is 0 Å². The number of carbonyl (C=O) groups is 1. The van der Waals surface area contributed by atoms with E-state index < -0.39 is 0 Å². The maximum Gasteiger partial charge on any atom is 0.227 e. The zero-order chi connectivity index (χ0) is 14.4. The van der Waals surface area contributed by atoms with E-state index in [-0.39, 0.29) is 18.1 Å². The van der Waals surface area contributed by atoms with Crippen molar-refractivity contribution in [2.45, 2.75) is 32.5 Å². The summed E-state index contributed by atoms with van der Waals surface area (Å²) in [7, 11) is 0. The number of morpholine rings is 1. The number of amides is 1. The second-order valence-electron chi connectivity index (χ2n) is 5.11. The van der Waals surface area contributed by atoms with Crippen molar-refractivity contribution in [2.75, 3.05) is 25.0 Å². The van der Waals surface area contributed by atoms with Gasteiger partial charge in [-0.05, 0) is 26.0 Å². The first-order chi connectivity index (χ1) is 9.65. The Morgan fingerprint density at radius 2 is 2.30 bits per heavy atom. The van der Waals surface area contributed by atoms with Crippen molar-refractivity contribution in [3.63, 3.8) is 0 Å². The standard InChI is InChI=1S/C15H22N2O3/c1-11(2)20-14-6-4-3-5-13(14)17-15(18)9-12-10-16-7-8-19-12/h3-6,11-12,16H,7-10H2,1-2H3,(H,17,18). The average Bonchev–Trinajstić information content (AvgIpc) is 2.41. The second kappa shape index (κ2) is 7.26. The SMILES string of the molecule is CC(C)Oc1ccccc1NC(=O)CC1CNCCO1. The van der Waals surface area contributed by atoms with Crippen LogP contribution in [0.4, 0.5) is 5.69 Å². The molecule has 0 aliphatic carbocycles. The van der Waals surface area contributed by atoms with E-state index in [1.807, 2.05) is 38.1 Å². The lowest BCUT2D eigenvalue weighted by atomic mass is 10.2. The van der Waals surface area contributed by atoms with Crippen LogP contribution in [0.25, 0.3) is 0 Å². The average molecular weight is 278 g/mol. The van der Waals surface area contributed by atoms with Crippen LogP contribution in [0.2, 0.25) is 0 Å². The van der Waals surface area contributed by atoms with E-state index in [0.717, 1.165) is 13.1 Å². The smallest absolute Gasteiger partial charge is 0.227 e. The monoisotopic (exact) mass is 278 g/mol. The molecule has 5 heteroatoms. The lowest BCUT2D eigenvalue weighted by molar-refractivity contribution is -0.119. The molecule has 2 rings (SSSR count). The molecule has 2 N–H and O–H groups in total. The van der Waals surface area contributed by atoms with Gasteiger partial charge in [-0.2, -0.15) is 0 Å². The summed E-state index contributed by atoms with van der Waals surface area (Å²) in [5.41, 5.74) is 0.704. The van der Waals surface area contributed by atoms with Crippen molar-refractivity contribution in [1.29, 1.82) is 0 Å². The number of benzene rings is 1. The minimum atomic E-state index is -0.0569. The van der Waals surface area contributed by atoms with Gasteiger partial charge in [-0.3, -0.25) is 4.79 Å². The maximum atomic E-state index is 12.0. The van der Waals surface area contributed by atoms with Gasteiger partial charge in [0.15, 0.2) is 0 Å². The lowest BCUT2D eigenvalue weighted by Gasteiger charge is -2.23. The number of carbonyl (C=O) groups excluding carboxylic acids is 1. The first-order valence-electron chi connectivity index (χ1n) is 7.03. The fraction of sp³-hybridized carbons (Fsp3) is 0.533. The molecule has 1 saturated heterocycles. The molecular weight excluding hydrogens is 256 g/mol. The predicted octanol–water partition coefficient (Wildman–Crippen LogP) is 1.79. The third kappa shape index (κ3) is 4.51. The van der Waals surface area contributed by atoms with Crippen molar-refractivity contribution in [3.8, 4) is 5.75 Å². The van der Waals surface area contributed by atoms with Gasteiger partial charge < -0.3 is 20.1 Å². The Balaban J connectivity index is 1.93. The van der Waals surface area contributed by atoms with Gasteiger partial charge in [0.25, 0.3) is 0 Å². The third-order valence-corrected chi connectivity index (χ3v) is 2.94. The Morgan fingerprint density at radius 1 is 1.50 bits per heavy atom. The summed E-state index contributed by atoms with van der Waals surface area (Å²) in [6.07, 6.45) is 0.365. The molecular formula is C15H22N2O3.